The predicted octanol–water partition coefficient (Wildman–Crippen LogP) is 4.49. The molecule has 0 heterocycles. The number of ether oxygens (including phenoxy) is 1. The van der Waals surface area contributed by atoms with E-state index >= 15 is 0 Å². The number of phenolic OH excluding ortho intramolecular Hbond substituents is 1. The Labute approximate surface area is 175 Å². The fourth-order valence-corrected chi connectivity index (χ4v) is 4.53. The first-order chi connectivity index (χ1) is 14.2. The van der Waals surface area contributed by atoms with Crippen LogP contribution in [-0.2, 0) is 9.84 Å². The summed E-state index contributed by atoms with van der Waals surface area (Å²) in [6.45, 7) is 3.46. The van der Waals surface area contributed by atoms with Crippen molar-refractivity contribution in [3.63, 3.8) is 0 Å². The number of benzene rings is 3. The van der Waals surface area contributed by atoms with Crippen LogP contribution in [0.25, 0.3) is 0 Å². The van der Waals surface area contributed by atoms with Crippen molar-refractivity contribution in [3.05, 3.63) is 71.8 Å². The maximum absolute atomic E-state index is 13.1. The lowest BCUT2D eigenvalue weighted by Crippen LogP contribution is -2.20. The Bertz CT molecular complexity index is 1170. The summed E-state index contributed by atoms with van der Waals surface area (Å²) in [6.07, 6.45) is 0. The van der Waals surface area contributed by atoms with Gasteiger partial charge in [-0.1, -0.05) is 17.7 Å². The molecule has 0 saturated carbocycles. The van der Waals surface area contributed by atoms with E-state index in [2.05, 4.69) is 10.6 Å². The zero-order valence-electron chi connectivity index (χ0n) is 16.8. The molecule has 0 unspecified atom stereocenters. The van der Waals surface area contributed by atoms with Gasteiger partial charge in [-0.15, -0.1) is 0 Å². The molecule has 3 aromatic carbocycles. The highest BCUT2D eigenvalue weighted by Gasteiger charge is 2.26. The number of nitrogens with one attached hydrogen (secondary N) is 2. The molecule has 8 heteroatoms. The van der Waals surface area contributed by atoms with Crippen molar-refractivity contribution in [2.75, 3.05) is 17.7 Å². The van der Waals surface area contributed by atoms with Gasteiger partial charge in [0.25, 0.3) is 0 Å². The minimum absolute atomic E-state index is 0.00274. The van der Waals surface area contributed by atoms with Gasteiger partial charge in [0.2, 0.25) is 9.84 Å². The van der Waals surface area contributed by atoms with Crippen LogP contribution in [0.3, 0.4) is 0 Å². The van der Waals surface area contributed by atoms with E-state index in [1.165, 1.54) is 50.4 Å². The molecule has 0 spiro atoms. The number of hydrogen-bond acceptors (Lipinski definition) is 5. The van der Waals surface area contributed by atoms with Gasteiger partial charge in [-0.3, -0.25) is 0 Å². The van der Waals surface area contributed by atoms with Gasteiger partial charge in [-0.05, 0) is 67.9 Å². The third kappa shape index (κ3) is 4.38. The standard InChI is InChI=1S/C22H22N2O5S/c1-14-4-6-16(7-5-14)23-22(26)24-19-12-13-20(25)21(15(19)2)30(27,28)18-10-8-17(29-3)9-11-18/h4-13,25H,1-3H3,(H2,23,24,26). The lowest BCUT2D eigenvalue weighted by atomic mass is 10.2. The van der Waals surface area contributed by atoms with E-state index in [0.29, 0.717) is 11.4 Å². The van der Waals surface area contributed by atoms with E-state index in [-0.39, 0.29) is 21.0 Å². The van der Waals surface area contributed by atoms with Crippen LogP contribution in [0.5, 0.6) is 11.5 Å². The topological polar surface area (TPSA) is 105 Å². The van der Waals surface area contributed by atoms with Gasteiger partial charge in [-0.25, -0.2) is 13.2 Å². The number of anilines is 2. The largest absolute Gasteiger partial charge is 0.507 e. The Balaban J connectivity index is 1.90. The Morgan fingerprint density at radius 1 is 0.900 bits per heavy atom. The van der Waals surface area contributed by atoms with Crippen molar-refractivity contribution in [3.8, 4) is 11.5 Å². The van der Waals surface area contributed by atoms with E-state index in [1.54, 1.807) is 12.1 Å². The molecule has 3 N–H and O–H groups in total. The van der Waals surface area contributed by atoms with E-state index in [4.69, 9.17) is 4.74 Å². The fraction of sp³-hybridized carbons (Fsp3) is 0.136. The second-order valence-corrected chi connectivity index (χ2v) is 8.60. The zero-order chi connectivity index (χ0) is 21.9. The van der Waals surface area contributed by atoms with Crippen LogP contribution in [0.1, 0.15) is 11.1 Å². The van der Waals surface area contributed by atoms with Gasteiger partial charge >= 0.3 is 6.03 Å². The molecule has 0 aromatic heterocycles. The van der Waals surface area contributed by atoms with Crippen LogP contribution in [0, 0.1) is 13.8 Å². The Morgan fingerprint density at radius 2 is 1.53 bits per heavy atom. The molecule has 30 heavy (non-hydrogen) atoms. The van der Waals surface area contributed by atoms with Crippen molar-refractivity contribution in [1.82, 2.24) is 0 Å². The number of amides is 2. The van der Waals surface area contributed by atoms with Gasteiger partial charge in [0.05, 0.1) is 12.0 Å². The van der Waals surface area contributed by atoms with E-state index in [1.807, 2.05) is 19.1 Å². The highest BCUT2D eigenvalue weighted by molar-refractivity contribution is 7.91. The van der Waals surface area contributed by atoms with E-state index < -0.39 is 21.6 Å². The average Bonchev–Trinajstić information content (AvgIpc) is 2.72. The number of aryl methyl sites for hydroxylation is 1. The van der Waals surface area contributed by atoms with Gasteiger partial charge in [-0.2, -0.15) is 0 Å². The van der Waals surface area contributed by atoms with Crippen molar-refractivity contribution < 1.29 is 23.1 Å². The molecule has 0 aliphatic carbocycles. The molecule has 2 amide bonds. The molecule has 0 fully saturated rings. The van der Waals surface area contributed by atoms with Crippen LogP contribution in [0.2, 0.25) is 0 Å². The molecule has 0 aliphatic rings. The number of phenols is 1. The van der Waals surface area contributed by atoms with Crippen molar-refractivity contribution >= 4 is 27.2 Å². The average molecular weight is 426 g/mol. The molecule has 0 aliphatic heterocycles. The van der Waals surface area contributed by atoms with Crippen molar-refractivity contribution in [2.45, 2.75) is 23.6 Å². The minimum atomic E-state index is -4.02. The van der Waals surface area contributed by atoms with Crippen LogP contribution in [-0.4, -0.2) is 26.7 Å². The first-order valence-corrected chi connectivity index (χ1v) is 10.6. The first kappa shape index (κ1) is 21.2. The van der Waals surface area contributed by atoms with Gasteiger partial charge in [0, 0.05) is 11.4 Å². The highest BCUT2D eigenvalue weighted by Crippen LogP contribution is 2.36. The minimum Gasteiger partial charge on any atom is -0.507 e. The third-order valence-electron chi connectivity index (χ3n) is 4.58. The highest BCUT2D eigenvalue weighted by atomic mass is 32.2. The lowest BCUT2D eigenvalue weighted by Gasteiger charge is -2.15. The number of urea groups is 1. The van der Waals surface area contributed by atoms with Crippen LogP contribution in [0.15, 0.2) is 70.5 Å². The SMILES string of the molecule is COc1ccc(S(=O)(=O)c2c(O)ccc(NC(=O)Nc3ccc(C)cc3)c2C)cc1. The fourth-order valence-electron chi connectivity index (χ4n) is 2.95. The van der Waals surface area contributed by atoms with Crippen molar-refractivity contribution in [2.24, 2.45) is 0 Å². The third-order valence-corrected chi connectivity index (χ3v) is 6.53. The molecule has 0 atom stereocenters. The Hall–Kier alpha value is -3.52. The normalized spacial score (nSPS) is 11.0. The van der Waals surface area contributed by atoms with Gasteiger partial charge < -0.3 is 20.5 Å². The molecule has 7 nitrogen and oxygen atoms in total. The summed E-state index contributed by atoms with van der Waals surface area (Å²) in [7, 11) is -2.54. The molecule has 0 radical (unpaired) electrons. The first-order valence-electron chi connectivity index (χ1n) is 9.09. The number of rotatable bonds is 5. The Kier molecular flexibility index (Phi) is 5.98. The quantitative estimate of drug-likeness (QED) is 0.521. The predicted molar refractivity (Wildman–Crippen MR) is 115 cm³/mol. The molecule has 156 valence electrons. The number of aromatic hydroxyl groups is 1. The summed E-state index contributed by atoms with van der Waals surface area (Å²) in [5, 5.41) is 15.6. The summed E-state index contributed by atoms with van der Waals surface area (Å²) >= 11 is 0. The Morgan fingerprint density at radius 3 is 2.13 bits per heavy atom. The molecular weight excluding hydrogens is 404 g/mol. The summed E-state index contributed by atoms with van der Waals surface area (Å²) in [4.78, 5) is 12.1. The molecule has 3 aromatic rings. The van der Waals surface area contributed by atoms with E-state index in [9.17, 15) is 18.3 Å². The monoisotopic (exact) mass is 426 g/mol. The summed E-state index contributed by atoms with van der Waals surface area (Å²) in [6, 6.07) is 15.3. The van der Waals surface area contributed by atoms with Crippen molar-refractivity contribution in [1.29, 1.82) is 0 Å². The number of sulfone groups is 1. The number of carbonyl (C=O) groups excluding carboxylic acids is 1. The van der Waals surface area contributed by atoms with Gasteiger partial charge in [0.1, 0.15) is 16.4 Å². The zero-order valence-corrected chi connectivity index (χ0v) is 17.6. The maximum atomic E-state index is 13.1. The van der Waals surface area contributed by atoms with Crippen LogP contribution >= 0.6 is 0 Å². The van der Waals surface area contributed by atoms with Crippen LogP contribution < -0.4 is 15.4 Å². The summed E-state index contributed by atoms with van der Waals surface area (Å²) in [5.74, 6) is 0.117. The maximum Gasteiger partial charge on any atom is 0.323 e. The molecular formula is C22H22N2O5S. The molecule has 3 rings (SSSR count). The number of methoxy groups -OCH3 is 1. The lowest BCUT2D eigenvalue weighted by molar-refractivity contribution is 0.262. The van der Waals surface area contributed by atoms with E-state index in [0.717, 1.165) is 5.56 Å². The number of hydrogen-bond donors (Lipinski definition) is 3. The second kappa shape index (κ2) is 8.46. The summed E-state index contributed by atoms with van der Waals surface area (Å²) < 4.78 is 31.3. The number of carbonyl (C=O) groups is 1. The molecule has 0 bridgehead atoms. The molecule has 0 saturated heterocycles. The van der Waals surface area contributed by atoms with Gasteiger partial charge in [0.15, 0.2) is 0 Å². The second-order valence-electron chi connectivity index (χ2n) is 6.71. The smallest absolute Gasteiger partial charge is 0.323 e. The summed E-state index contributed by atoms with van der Waals surface area (Å²) in [5.41, 5.74) is 2.15. The van der Waals surface area contributed by atoms with Crippen LogP contribution in [0.4, 0.5) is 16.2 Å².